The molecule has 2 amide bonds. The molecule has 1 N–H and O–H groups in total. The van der Waals surface area contributed by atoms with Crippen LogP contribution in [0.4, 0.5) is 0 Å². The number of unbranched alkanes of at least 4 members (excludes halogenated alkanes) is 1. The van der Waals surface area contributed by atoms with Crippen LogP contribution in [0, 0.1) is 6.92 Å². The SMILES string of the molecule is CCCCNC(=O)CN1CCCN(C(=O)c2cccc(C)c2)CC1. The second kappa shape index (κ2) is 9.42. The van der Waals surface area contributed by atoms with Gasteiger partial charge in [-0.1, -0.05) is 31.0 Å². The van der Waals surface area contributed by atoms with Crippen LogP contribution in [0.15, 0.2) is 24.3 Å². The highest BCUT2D eigenvalue weighted by Crippen LogP contribution is 2.11. The number of carbonyl (C=O) groups excluding carboxylic acids is 2. The van der Waals surface area contributed by atoms with Crippen LogP contribution in [0.2, 0.25) is 0 Å². The summed E-state index contributed by atoms with van der Waals surface area (Å²) >= 11 is 0. The van der Waals surface area contributed by atoms with Gasteiger partial charge in [0.15, 0.2) is 0 Å². The summed E-state index contributed by atoms with van der Waals surface area (Å²) in [5, 5.41) is 2.96. The van der Waals surface area contributed by atoms with Gasteiger partial charge in [-0.05, 0) is 31.9 Å². The maximum Gasteiger partial charge on any atom is 0.253 e. The molecule has 1 aliphatic rings. The van der Waals surface area contributed by atoms with Crippen LogP contribution >= 0.6 is 0 Å². The Morgan fingerprint density at radius 2 is 2.00 bits per heavy atom. The third-order valence-electron chi connectivity index (χ3n) is 4.36. The van der Waals surface area contributed by atoms with Crippen LogP contribution < -0.4 is 5.32 Å². The van der Waals surface area contributed by atoms with E-state index in [-0.39, 0.29) is 11.8 Å². The molecule has 2 rings (SSSR count). The predicted molar refractivity (Wildman–Crippen MR) is 96.1 cm³/mol. The highest BCUT2D eigenvalue weighted by molar-refractivity contribution is 5.94. The quantitative estimate of drug-likeness (QED) is 0.812. The number of benzene rings is 1. The molecule has 0 aliphatic carbocycles. The van der Waals surface area contributed by atoms with Crippen molar-refractivity contribution in [1.82, 2.24) is 15.1 Å². The zero-order valence-electron chi connectivity index (χ0n) is 14.9. The van der Waals surface area contributed by atoms with Crippen LogP contribution in [0.5, 0.6) is 0 Å². The summed E-state index contributed by atoms with van der Waals surface area (Å²) < 4.78 is 0. The summed E-state index contributed by atoms with van der Waals surface area (Å²) in [6, 6.07) is 7.73. The van der Waals surface area contributed by atoms with Gasteiger partial charge in [0.25, 0.3) is 5.91 Å². The fourth-order valence-electron chi connectivity index (χ4n) is 2.96. The standard InChI is InChI=1S/C19H29N3O2/c1-3-4-9-20-18(23)15-21-10-6-11-22(13-12-21)19(24)17-8-5-7-16(2)14-17/h5,7-8,14H,3-4,6,9-13,15H2,1-2H3,(H,20,23). The normalized spacial score (nSPS) is 15.8. The highest BCUT2D eigenvalue weighted by Gasteiger charge is 2.21. The molecular weight excluding hydrogens is 302 g/mol. The van der Waals surface area contributed by atoms with Gasteiger partial charge in [0, 0.05) is 38.3 Å². The fourth-order valence-corrected chi connectivity index (χ4v) is 2.96. The molecule has 0 unspecified atom stereocenters. The van der Waals surface area contributed by atoms with Crippen LogP contribution in [0.3, 0.4) is 0 Å². The number of aryl methyl sites for hydroxylation is 1. The Bertz CT molecular complexity index is 559. The molecule has 132 valence electrons. The molecule has 1 aliphatic heterocycles. The van der Waals surface area contributed by atoms with E-state index in [1.54, 1.807) is 0 Å². The van der Waals surface area contributed by atoms with Gasteiger partial charge in [-0.2, -0.15) is 0 Å². The van der Waals surface area contributed by atoms with Gasteiger partial charge in [0.1, 0.15) is 0 Å². The van der Waals surface area contributed by atoms with E-state index in [9.17, 15) is 9.59 Å². The van der Waals surface area contributed by atoms with Crippen LogP contribution in [0.1, 0.15) is 42.1 Å². The second-order valence-corrected chi connectivity index (χ2v) is 6.49. The Kier molecular flexibility index (Phi) is 7.25. The molecule has 0 bridgehead atoms. The molecule has 24 heavy (non-hydrogen) atoms. The van der Waals surface area contributed by atoms with Crippen LogP contribution in [0.25, 0.3) is 0 Å². The lowest BCUT2D eigenvalue weighted by Crippen LogP contribution is -2.40. The van der Waals surface area contributed by atoms with Gasteiger partial charge >= 0.3 is 0 Å². The molecule has 0 saturated carbocycles. The molecule has 5 nitrogen and oxygen atoms in total. The van der Waals surface area contributed by atoms with E-state index in [2.05, 4.69) is 17.1 Å². The Hall–Kier alpha value is -1.88. The van der Waals surface area contributed by atoms with Gasteiger partial charge < -0.3 is 10.2 Å². The number of nitrogens with zero attached hydrogens (tertiary/aromatic N) is 2. The van der Waals surface area contributed by atoms with E-state index < -0.39 is 0 Å². The Labute approximate surface area is 145 Å². The summed E-state index contributed by atoms with van der Waals surface area (Å²) in [5.74, 6) is 0.176. The van der Waals surface area contributed by atoms with Crippen molar-refractivity contribution in [2.45, 2.75) is 33.1 Å². The number of hydrogen-bond acceptors (Lipinski definition) is 3. The second-order valence-electron chi connectivity index (χ2n) is 6.49. The first-order valence-electron chi connectivity index (χ1n) is 8.95. The number of rotatable bonds is 6. The van der Waals surface area contributed by atoms with E-state index in [1.165, 1.54) is 0 Å². The zero-order chi connectivity index (χ0) is 17.4. The minimum Gasteiger partial charge on any atom is -0.355 e. The van der Waals surface area contributed by atoms with Crippen LogP contribution in [-0.4, -0.2) is 60.9 Å². The molecule has 1 saturated heterocycles. The average Bonchev–Trinajstić information content (AvgIpc) is 2.80. The third-order valence-corrected chi connectivity index (χ3v) is 4.36. The molecular formula is C19H29N3O2. The number of carbonyl (C=O) groups is 2. The summed E-state index contributed by atoms with van der Waals surface area (Å²) in [4.78, 5) is 28.6. The van der Waals surface area contributed by atoms with Crippen molar-refractivity contribution in [1.29, 1.82) is 0 Å². The Balaban J connectivity index is 1.84. The summed E-state index contributed by atoms with van der Waals surface area (Å²) in [6.45, 7) is 8.32. The molecule has 1 aromatic carbocycles. The van der Waals surface area contributed by atoms with Crippen LogP contribution in [-0.2, 0) is 4.79 Å². The van der Waals surface area contributed by atoms with Crippen molar-refractivity contribution < 1.29 is 9.59 Å². The summed E-state index contributed by atoms with van der Waals surface area (Å²) in [7, 11) is 0. The van der Waals surface area contributed by atoms with Gasteiger partial charge in [-0.25, -0.2) is 0 Å². The monoisotopic (exact) mass is 331 g/mol. The predicted octanol–water partition coefficient (Wildman–Crippen LogP) is 2.06. The molecule has 1 fully saturated rings. The van der Waals surface area contributed by atoms with Gasteiger partial charge in [0.2, 0.25) is 5.91 Å². The molecule has 0 spiro atoms. The van der Waals surface area contributed by atoms with Crippen molar-refractivity contribution in [2.24, 2.45) is 0 Å². The lowest BCUT2D eigenvalue weighted by atomic mass is 10.1. The van der Waals surface area contributed by atoms with Gasteiger partial charge in [-0.15, -0.1) is 0 Å². The Morgan fingerprint density at radius 1 is 1.17 bits per heavy atom. The molecule has 1 heterocycles. The van der Waals surface area contributed by atoms with Gasteiger partial charge in [0.05, 0.1) is 6.54 Å². The van der Waals surface area contributed by atoms with E-state index in [0.717, 1.165) is 56.6 Å². The topological polar surface area (TPSA) is 52.7 Å². The average molecular weight is 331 g/mol. The lowest BCUT2D eigenvalue weighted by Gasteiger charge is -2.22. The molecule has 0 radical (unpaired) electrons. The first-order chi connectivity index (χ1) is 11.6. The molecule has 0 aromatic heterocycles. The van der Waals surface area contributed by atoms with Crippen molar-refractivity contribution in [2.75, 3.05) is 39.3 Å². The minimum absolute atomic E-state index is 0.0851. The van der Waals surface area contributed by atoms with E-state index in [4.69, 9.17) is 0 Å². The van der Waals surface area contributed by atoms with Crippen molar-refractivity contribution >= 4 is 11.8 Å². The maximum absolute atomic E-state index is 12.6. The highest BCUT2D eigenvalue weighted by atomic mass is 16.2. The summed E-state index contributed by atoms with van der Waals surface area (Å²) in [5.41, 5.74) is 1.85. The third kappa shape index (κ3) is 5.64. The van der Waals surface area contributed by atoms with E-state index in [0.29, 0.717) is 13.1 Å². The van der Waals surface area contributed by atoms with Crippen molar-refractivity contribution in [3.8, 4) is 0 Å². The maximum atomic E-state index is 12.6. The molecule has 5 heteroatoms. The number of amides is 2. The smallest absolute Gasteiger partial charge is 0.253 e. The first kappa shape index (κ1) is 18.5. The molecule has 1 aromatic rings. The fraction of sp³-hybridized carbons (Fsp3) is 0.579. The first-order valence-corrected chi connectivity index (χ1v) is 8.95. The summed E-state index contributed by atoms with van der Waals surface area (Å²) in [6.07, 6.45) is 3.00. The van der Waals surface area contributed by atoms with Gasteiger partial charge in [-0.3, -0.25) is 14.5 Å². The zero-order valence-corrected chi connectivity index (χ0v) is 14.9. The largest absolute Gasteiger partial charge is 0.355 e. The lowest BCUT2D eigenvalue weighted by molar-refractivity contribution is -0.122. The van der Waals surface area contributed by atoms with Crippen molar-refractivity contribution in [3.63, 3.8) is 0 Å². The minimum atomic E-state index is 0.0851. The number of hydrogen-bond donors (Lipinski definition) is 1. The number of nitrogens with one attached hydrogen (secondary N) is 1. The molecule has 0 atom stereocenters. The van der Waals surface area contributed by atoms with E-state index >= 15 is 0 Å². The van der Waals surface area contributed by atoms with Crippen molar-refractivity contribution in [3.05, 3.63) is 35.4 Å². The Morgan fingerprint density at radius 3 is 2.75 bits per heavy atom. The van der Waals surface area contributed by atoms with E-state index in [1.807, 2.05) is 36.1 Å².